The first-order chi connectivity index (χ1) is 7.16. The second-order valence-corrected chi connectivity index (χ2v) is 4.72. The molecule has 0 unspecified atom stereocenters. The van der Waals surface area contributed by atoms with E-state index in [2.05, 4.69) is 30.1 Å². The van der Waals surface area contributed by atoms with Gasteiger partial charge < -0.3 is 0 Å². The van der Waals surface area contributed by atoms with Crippen LogP contribution in [-0.4, -0.2) is 16.0 Å². The van der Waals surface area contributed by atoms with E-state index in [9.17, 15) is 4.79 Å². The smallest absolute Gasteiger partial charge is 0.132 e. The summed E-state index contributed by atoms with van der Waals surface area (Å²) in [5.74, 6) is 1.40. The Balaban J connectivity index is 2.06. The Morgan fingerprint density at radius 2 is 2.07 bits per heavy atom. The third-order valence-electron chi connectivity index (χ3n) is 3.19. The highest BCUT2D eigenvalue weighted by Crippen LogP contribution is 2.30. The number of hydrogen-bond acceptors (Lipinski definition) is 2. The maximum atomic E-state index is 11.1. The van der Waals surface area contributed by atoms with E-state index in [0.717, 1.165) is 31.4 Å². The Bertz CT molecular complexity index is 344. The number of Topliss-reactive ketones (excluding diaryl/α,β-unsaturated/α-hetero) is 1. The van der Waals surface area contributed by atoms with Crippen LogP contribution >= 0.6 is 0 Å². The molecule has 1 N–H and O–H groups in total. The second kappa shape index (κ2) is 4.17. The summed E-state index contributed by atoms with van der Waals surface area (Å²) in [6, 6.07) is 2.16. The quantitative estimate of drug-likeness (QED) is 0.808. The van der Waals surface area contributed by atoms with Gasteiger partial charge in [0.05, 0.1) is 5.69 Å². The van der Waals surface area contributed by atoms with Crippen LogP contribution in [0.25, 0.3) is 0 Å². The summed E-state index contributed by atoms with van der Waals surface area (Å²) in [5.41, 5.74) is 2.34. The fourth-order valence-electron chi connectivity index (χ4n) is 2.11. The average molecular weight is 206 g/mol. The van der Waals surface area contributed by atoms with Crippen molar-refractivity contribution < 1.29 is 4.79 Å². The van der Waals surface area contributed by atoms with Crippen LogP contribution < -0.4 is 0 Å². The molecule has 82 valence electrons. The van der Waals surface area contributed by atoms with Crippen LogP contribution in [0.15, 0.2) is 6.07 Å². The molecule has 0 bridgehead atoms. The lowest BCUT2D eigenvalue weighted by Crippen LogP contribution is -2.12. The van der Waals surface area contributed by atoms with Crippen molar-refractivity contribution in [3.8, 4) is 0 Å². The highest BCUT2D eigenvalue weighted by atomic mass is 16.1. The molecule has 0 saturated heterocycles. The van der Waals surface area contributed by atoms with Crippen molar-refractivity contribution in [2.24, 2.45) is 0 Å². The van der Waals surface area contributed by atoms with Gasteiger partial charge in [0.25, 0.3) is 0 Å². The lowest BCUT2D eigenvalue weighted by atomic mass is 9.86. The molecule has 1 heterocycles. The van der Waals surface area contributed by atoms with E-state index >= 15 is 0 Å². The zero-order chi connectivity index (χ0) is 10.8. The molecule has 0 radical (unpaired) electrons. The summed E-state index contributed by atoms with van der Waals surface area (Å²) in [4.78, 5) is 11.1. The molecular weight excluding hydrogens is 188 g/mol. The SMILES string of the molecule is CC(C)c1cc(C2CCC(=O)CC2)[nH]n1. The number of aromatic nitrogens is 2. The molecule has 1 aliphatic rings. The Hall–Kier alpha value is -1.12. The molecule has 0 spiro atoms. The van der Waals surface area contributed by atoms with Gasteiger partial charge in [-0.2, -0.15) is 5.10 Å². The Kier molecular flexibility index (Phi) is 2.89. The zero-order valence-electron chi connectivity index (χ0n) is 9.42. The minimum atomic E-state index is 0.412. The van der Waals surface area contributed by atoms with Crippen LogP contribution in [0.2, 0.25) is 0 Å². The summed E-state index contributed by atoms with van der Waals surface area (Å²) < 4.78 is 0. The second-order valence-electron chi connectivity index (χ2n) is 4.72. The summed E-state index contributed by atoms with van der Waals surface area (Å²) in [6.07, 6.45) is 3.44. The number of carbonyl (C=O) groups excluding carboxylic acids is 1. The van der Waals surface area contributed by atoms with Gasteiger partial charge in [0.2, 0.25) is 0 Å². The first kappa shape index (κ1) is 10.4. The lowest BCUT2D eigenvalue weighted by Gasteiger charge is -2.18. The number of ketones is 1. The lowest BCUT2D eigenvalue weighted by molar-refractivity contribution is -0.120. The molecular formula is C12H18N2O. The largest absolute Gasteiger partial charge is 0.300 e. The molecule has 0 aliphatic heterocycles. The normalized spacial score (nSPS) is 18.7. The molecule has 1 saturated carbocycles. The standard InChI is InChI=1S/C12H18N2O/c1-8(2)11-7-12(14-13-11)9-3-5-10(15)6-4-9/h7-9H,3-6H2,1-2H3,(H,13,14). The van der Waals surface area contributed by atoms with Crippen molar-refractivity contribution in [3.63, 3.8) is 0 Å². The van der Waals surface area contributed by atoms with Gasteiger partial charge in [0.15, 0.2) is 0 Å². The zero-order valence-corrected chi connectivity index (χ0v) is 9.42. The topological polar surface area (TPSA) is 45.8 Å². The van der Waals surface area contributed by atoms with Gasteiger partial charge in [-0.1, -0.05) is 13.8 Å². The Morgan fingerprint density at radius 3 is 2.60 bits per heavy atom. The minimum Gasteiger partial charge on any atom is -0.300 e. The Labute approximate surface area is 90.3 Å². The monoisotopic (exact) mass is 206 g/mol. The van der Waals surface area contributed by atoms with Crippen LogP contribution in [-0.2, 0) is 4.79 Å². The van der Waals surface area contributed by atoms with Crippen molar-refractivity contribution in [2.75, 3.05) is 0 Å². The fourth-order valence-corrected chi connectivity index (χ4v) is 2.11. The van der Waals surface area contributed by atoms with Crippen LogP contribution in [0, 0.1) is 0 Å². The van der Waals surface area contributed by atoms with E-state index in [1.54, 1.807) is 0 Å². The maximum absolute atomic E-state index is 11.1. The van der Waals surface area contributed by atoms with E-state index in [4.69, 9.17) is 0 Å². The molecule has 1 aromatic heterocycles. The van der Waals surface area contributed by atoms with Crippen molar-refractivity contribution in [1.82, 2.24) is 10.2 Å². The van der Waals surface area contributed by atoms with E-state index in [1.807, 2.05) is 0 Å². The van der Waals surface area contributed by atoms with Gasteiger partial charge in [-0.05, 0) is 24.8 Å². The van der Waals surface area contributed by atoms with Gasteiger partial charge in [-0.3, -0.25) is 9.89 Å². The highest BCUT2D eigenvalue weighted by Gasteiger charge is 2.22. The molecule has 0 aromatic carbocycles. The van der Waals surface area contributed by atoms with E-state index < -0.39 is 0 Å². The molecule has 3 nitrogen and oxygen atoms in total. The molecule has 1 aromatic rings. The average Bonchev–Trinajstić information content (AvgIpc) is 2.68. The first-order valence-corrected chi connectivity index (χ1v) is 5.73. The van der Waals surface area contributed by atoms with Gasteiger partial charge in [-0.25, -0.2) is 0 Å². The van der Waals surface area contributed by atoms with Crippen molar-refractivity contribution in [2.45, 2.75) is 51.4 Å². The maximum Gasteiger partial charge on any atom is 0.132 e. The first-order valence-electron chi connectivity index (χ1n) is 5.73. The van der Waals surface area contributed by atoms with E-state index in [0.29, 0.717) is 17.6 Å². The Morgan fingerprint density at radius 1 is 1.40 bits per heavy atom. The summed E-state index contributed by atoms with van der Waals surface area (Å²) >= 11 is 0. The number of nitrogens with one attached hydrogen (secondary N) is 1. The number of aromatic amines is 1. The number of carbonyl (C=O) groups is 1. The molecule has 1 aliphatic carbocycles. The van der Waals surface area contributed by atoms with Crippen LogP contribution in [0.1, 0.15) is 62.8 Å². The summed E-state index contributed by atoms with van der Waals surface area (Å²) in [7, 11) is 0. The molecule has 1 fully saturated rings. The third kappa shape index (κ3) is 2.28. The minimum absolute atomic E-state index is 0.412. The summed E-state index contributed by atoms with van der Waals surface area (Å²) in [6.45, 7) is 4.29. The number of H-pyrrole nitrogens is 1. The molecule has 0 amide bonds. The van der Waals surface area contributed by atoms with Crippen LogP contribution in [0.5, 0.6) is 0 Å². The molecule has 2 rings (SSSR count). The van der Waals surface area contributed by atoms with Gasteiger partial charge in [0, 0.05) is 24.5 Å². The molecule has 3 heteroatoms. The molecule has 15 heavy (non-hydrogen) atoms. The number of nitrogens with zero attached hydrogens (tertiary/aromatic N) is 1. The number of rotatable bonds is 2. The van der Waals surface area contributed by atoms with Crippen LogP contribution in [0.3, 0.4) is 0 Å². The van der Waals surface area contributed by atoms with Crippen LogP contribution in [0.4, 0.5) is 0 Å². The fraction of sp³-hybridized carbons (Fsp3) is 0.667. The predicted molar refractivity (Wildman–Crippen MR) is 58.9 cm³/mol. The number of hydrogen-bond donors (Lipinski definition) is 1. The van der Waals surface area contributed by atoms with E-state index in [1.165, 1.54) is 5.69 Å². The van der Waals surface area contributed by atoms with Gasteiger partial charge in [0.1, 0.15) is 5.78 Å². The third-order valence-corrected chi connectivity index (χ3v) is 3.19. The highest BCUT2D eigenvalue weighted by molar-refractivity contribution is 5.79. The summed E-state index contributed by atoms with van der Waals surface area (Å²) in [5, 5.41) is 7.41. The van der Waals surface area contributed by atoms with Gasteiger partial charge in [-0.15, -0.1) is 0 Å². The van der Waals surface area contributed by atoms with E-state index in [-0.39, 0.29) is 0 Å². The van der Waals surface area contributed by atoms with Crippen molar-refractivity contribution in [3.05, 3.63) is 17.5 Å². The molecule has 0 atom stereocenters. The predicted octanol–water partition coefficient (Wildman–Crippen LogP) is 2.76. The van der Waals surface area contributed by atoms with Crippen molar-refractivity contribution >= 4 is 5.78 Å². The van der Waals surface area contributed by atoms with Gasteiger partial charge >= 0.3 is 0 Å². The van der Waals surface area contributed by atoms with Crippen molar-refractivity contribution in [1.29, 1.82) is 0 Å².